The summed E-state index contributed by atoms with van der Waals surface area (Å²) >= 11 is 5.73. The van der Waals surface area contributed by atoms with Gasteiger partial charge in [0.15, 0.2) is 5.75 Å². The second kappa shape index (κ2) is 9.35. The summed E-state index contributed by atoms with van der Waals surface area (Å²) in [6, 6.07) is -2.75. The third-order valence-electron chi connectivity index (χ3n) is 4.92. The molecule has 0 atom stereocenters. The van der Waals surface area contributed by atoms with Crippen molar-refractivity contribution in [3.8, 4) is 5.75 Å². The van der Waals surface area contributed by atoms with E-state index in [0.717, 1.165) is 0 Å². The average Bonchev–Trinajstić information content (AvgIpc) is 3.33. The molecular formula is C20H6ClF11N2O5. The summed E-state index contributed by atoms with van der Waals surface area (Å²) in [5.41, 5.74) is -1.56. The van der Waals surface area contributed by atoms with E-state index in [1.807, 2.05) is 0 Å². The zero-order chi connectivity index (χ0) is 29.9. The molecule has 210 valence electrons. The molecule has 0 aromatic heterocycles. The number of ether oxygens (including phenoxy) is 1. The Morgan fingerprint density at radius 2 is 1.05 bits per heavy atom. The summed E-state index contributed by atoms with van der Waals surface area (Å²) in [6.07, 6.45) is -4.60. The molecule has 4 amide bonds. The zero-order valence-corrected chi connectivity index (χ0v) is 18.7. The summed E-state index contributed by atoms with van der Waals surface area (Å²) in [5, 5.41) is -1.05. The fourth-order valence-electron chi connectivity index (χ4n) is 3.02. The molecule has 39 heavy (non-hydrogen) atoms. The highest BCUT2D eigenvalue weighted by molar-refractivity contribution is 6.36. The predicted octanol–water partition coefficient (Wildman–Crippen LogP) is 5.15. The number of benzene rings is 1. The Morgan fingerprint density at radius 1 is 0.667 bits per heavy atom. The molecule has 2 aliphatic rings. The van der Waals surface area contributed by atoms with Crippen LogP contribution in [-0.4, -0.2) is 47.6 Å². The van der Waals surface area contributed by atoms with Crippen molar-refractivity contribution < 1.29 is 72.2 Å². The number of nitrogens with zero attached hydrogens (tertiary/aromatic N) is 2. The van der Waals surface area contributed by atoms with Gasteiger partial charge in [-0.25, -0.2) is 9.80 Å². The minimum atomic E-state index is -7.58. The van der Waals surface area contributed by atoms with E-state index < -0.39 is 81.6 Å². The number of hydrogen-bond donors (Lipinski definition) is 0. The quantitative estimate of drug-likeness (QED) is 0.246. The molecule has 0 N–H and O–H groups in total. The van der Waals surface area contributed by atoms with E-state index in [1.54, 1.807) is 0 Å². The summed E-state index contributed by atoms with van der Waals surface area (Å²) < 4.78 is 149. The molecule has 2 aliphatic heterocycles. The zero-order valence-electron chi connectivity index (χ0n) is 17.9. The number of carbonyl (C=O) groups is 4. The molecule has 3 rings (SSSR count). The second-order valence-corrected chi connectivity index (χ2v) is 7.78. The number of allylic oxidation sites excluding steroid dienone is 1. The normalized spacial score (nSPS) is 17.5. The molecular weight excluding hydrogens is 593 g/mol. The summed E-state index contributed by atoms with van der Waals surface area (Å²) in [4.78, 5) is 48.8. The molecule has 1 aromatic rings. The number of anilines is 2. The van der Waals surface area contributed by atoms with Crippen LogP contribution in [0.4, 0.5) is 59.7 Å². The summed E-state index contributed by atoms with van der Waals surface area (Å²) in [5.74, 6) is -32.4. The Hall–Kier alpha value is -3.96. The average molecular weight is 599 g/mol. The van der Waals surface area contributed by atoms with Crippen molar-refractivity contribution in [2.75, 3.05) is 9.80 Å². The second-order valence-electron chi connectivity index (χ2n) is 7.37. The first-order valence-electron chi connectivity index (χ1n) is 9.56. The van der Waals surface area contributed by atoms with Crippen LogP contribution in [-0.2, 0) is 19.2 Å². The highest BCUT2D eigenvalue weighted by atomic mass is 35.5. The number of carbonyl (C=O) groups excluding carboxylic acids is 4. The van der Waals surface area contributed by atoms with Crippen molar-refractivity contribution in [1.82, 2.24) is 0 Å². The molecule has 0 saturated carbocycles. The van der Waals surface area contributed by atoms with Crippen molar-refractivity contribution in [2.45, 2.75) is 23.9 Å². The van der Waals surface area contributed by atoms with Gasteiger partial charge in [-0.05, 0) is 6.07 Å². The molecule has 19 heteroatoms. The maximum atomic E-state index is 14.2. The van der Waals surface area contributed by atoms with Gasteiger partial charge in [-0.2, -0.15) is 48.3 Å². The van der Waals surface area contributed by atoms with Crippen LogP contribution in [0.2, 0.25) is 5.02 Å². The van der Waals surface area contributed by atoms with Gasteiger partial charge in [0.1, 0.15) is 0 Å². The van der Waals surface area contributed by atoms with Crippen LogP contribution in [0.15, 0.2) is 48.3 Å². The van der Waals surface area contributed by atoms with Crippen LogP contribution in [0.1, 0.15) is 0 Å². The Bertz CT molecular complexity index is 1350. The standard InChI is InChI=1S/C20H6ClF11N2O5/c21-7-5-8(33-11(35)1-2-12(33)36)9(34-13(37)3-4-14(34)38)6-10(7)39-16(23)15(22)17(24,25)18(26,27)19(28,29)20(30,31)32/h1-6H. The SMILES string of the molecule is O=C1C=CC(=O)N1c1cc(Cl)c(OC(F)=C(F)C(F)(F)C(F)(F)C(F)(F)C(F)(F)F)cc1N1C(=O)C=CC1=O. The topological polar surface area (TPSA) is 84.0 Å². The van der Waals surface area contributed by atoms with Gasteiger partial charge in [0.05, 0.1) is 16.4 Å². The molecule has 7 nitrogen and oxygen atoms in total. The number of imide groups is 2. The molecule has 0 bridgehead atoms. The third-order valence-corrected chi connectivity index (χ3v) is 5.22. The fraction of sp³-hybridized carbons (Fsp3) is 0.200. The minimum Gasteiger partial charge on any atom is -0.428 e. The highest BCUT2D eigenvalue weighted by Gasteiger charge is 2.83. The van der Waals surface area contributed by atoms with Crippen molar-refractivity contribution in [3.63, 3.8) is 0 Å². The molecule has 0 spiro atoms. The molecule has 0 aliphatic carbocycles. The lowest BCUT2D eigenvalue weighted by molar-refractivity contribution is -0.392. The van der Waals surface area contributed by atoms with E-state index >= 15 is 0 Å². The van der Waals surface area contributed by atoms with Crippen LogP contribution in [0, 0.1) is 0 Å². The first-order chi connectivity index (χ1) is 17.7. The van der Waals surface area contributed by atoms with Crippen molar-refractivity contribution in [2.24, 2.45) is 0 Å². The Balaban J connectivity index is 2.12. The fourth-order valence-corrected chi connectivity index (χ4v) is 3.22. The summed E-state index contributed by atoms with van der Waals surface area (Å²) in [7, 11) is 0. The number of rotatable bonds is 7. The van der Waals surface area contributed by atoms with E-state index in [9.17, 15) is 67.5 Å². The highest BCUT2D eigenvalue weighted by Crippen LogP contribution is 2.56. The first kappa shape index (κ1) is 29.6. The van der Waals surface area contributed by atoms with E-state index in [4.69, 9.17) is 11.6 Å². The number of alkyl halides is 9. The van der Waals surface area contributed by atoms with E-state index in [-0.39, 0.29) is 11.0 Å². The van der Waals surface area contributed by atoms with Gasteiger partial charge in [-0.3, -0.25) is 19.2 Å². The molecule has 2 heterocycles. The predicted molar refractivity (Wildman–Crippen MR) is 105 cm³/mol. The maximum Gasteiger partial charge on any atom is 0.460 e. The van der Waals surface area contributed by atoms with Gasteiger partial charge in [0.2, 0.25) is 5.83 Å². The van der Waals surface area contributed by atoms with Crippen LogP contribution < -0.4 is 14.5 Å². The molecule has 0 fully saturated rings. The number of amides is 4. The minimum absolute atomic E-state index is 0.183. The van der Waals surface area contributed by atoms with Crippen LogP contribution in [0.25, 0.3) is 0 Å². The lowest BCUT2D eigenvalue weighted by Crippen LogP contribution is -2.61. The molecule has 0 radical (unpaired) electrons. The van der Waals surface area contributed by atoms with Gasteiger partial charge in [0.25, 0.3) is 23.6 Å². The van der Waals surface area contributed by atoms with Crippen LogP contribution in [0.5, 0.6) is 5.75 Å². The Kier molecular flexibility index (Phi) is 7.10. The largest absolute Gasteiger partial charge is 0.460 e. The maximum absolute atomic E-state index is 14.2. The Labute approximate surface area is 212 Å². The molecule has 0 unspecified atom stereocenters. The third kappa shape index (κ3) is 4.61. The van der Waals surface area contributed by atoms with Crippen molar-refractivity contribution >= 4 is 46.6 Å². The summed E-state index contributed by atoms with van der Waals surface area (Å²) in [6.45, 7) is 0. The molecule has 1 aromatic carbocycles. The first-order valence-corrected chi connectivity index (χ1v) is 9.94. The lowest BCUT2D eigenvalue weighted by Gasteiger charge is -2.32. The van der Waals surface area contributed by atoms with E-state index in [1.165, 1.54) is 0 Å². The molecule has 0 saturated heterocycles. The van der Waals surface area contributed by atoms with Gasteiger partial charge in [-0.1, -0.05) is 11.6 Å². The lowest BCUT2D eigenvalue weighted by atomic mass is 10.0. The van der Waals surface area contributed by atoms with E-state index in [0.29, 0.717) is 35.3 Å². The van der Waals surface area contributed by atoms with Crippen LogP contribution in [0.3, 0.4) is 0 Å². The monoisotopic (exact) mass is 598 g/mol. The van der Waals surface area contributed by atoms with Gasteiger partial charge in [-0.15, -0.1) is 0 Å². The van der Waals surface area contributed by atoms with Gasteiger partial charge in [0, 0.05) is 30.4 Å². The van der Waals surface area contributed by atoms with E-state index in [2.05, 4.69) is 4.74 Å². The number of hydrogen-bond acceptors (Lipinski definition) is 5. The van der Waals surface area contributed by atoms with Crippen LogP contribution >= 0.6 is 11.6 Å². The smallest absolute Gasteiger partial charge is 0.428 e. The van der Waals surface area contributed by atoms with Crippen molar-refractivity contribution in [3.05, 3.63) is 53.3 Å². The van der Waals surface area contributed by atoms with Gasteiger partial charge < -0.3 is 4.74 Å². The van der Waals surface area contributed by atoms with Crippen molar-refractivity contribution in [1.29, 1.82) is 0 Å². The number of halogens is 12. The Morgan fingerprint density at radius 3 is 1.44 bits per heavy atom. The van der Waals surface area contributed by atoms with Gasteiger partial charge >= 0.3 is 30.0 Å².